The third-order valence-corrected chi connectivity index (χ3v) is 1.19. The van der Waals surface area contributed by atoms with Gasteiger partial charge in [-0.3, -0.25) is 4.79 Å². The van der Waals surface area contributed by atoms with E-state index in [0.717, 1.165) is 0 Å². The Labute approximate surface area is 65.8 Å². The van der Waals surface area contributed by atoms with Crippen LogP contribution in [0.2, 0.25) is 0 Å². The fraction of sp³-hybridized carbons (Fsp3) is 0. The number of aromatic amines is 1. The Hall–Kier alpha value is -2.05. The van der Waals surface area contributed by atoms with Gasteiger partial charge in [0.05, 0.1) is 6.20 Å². The quantitative estimate of drug-likeness (QED) is 0.611. The molecule has 7 nitrogen and oxygen atoms in total. The highest BCUT2D eigenvalue weighted by molar-refractivity contribution is 5.68. The minimum Gasteiger partial charge on any atom is -0.331 e. The van der Waals surface area contributed by atoms with Crippen LogP contribution in [0.3, 0.4) is 0 Å². The van der Waals surface area contributed by atoms with E-state index < -0.39 is 0 Å². The number of aromatic nitrogens is 5. The van der Waals surface area contributed by atoms with Gasteiger partial charge in [0.25, 0.3) is 5.89 Å². The Morgan fingerprint density at radius 3 is 3.08 bits per heavy atom. The van der Waals surface area contributed by atoms with Crippen molar-refractivity contribution in [3.8, 4) is 11.5 Å². The van der Waals surface area contributed by atoms with Gasteiger partial charge in [0.1, 0.15) is 0 Å². The molecule has 0 amide bonds. The molecule has 7 heteroatoms. The van der Waals surface area contributed by atoms with E-state index in [2.05, 4.69) is 30.1 Å². The zero-order valence-electron chi connectivity index (χ0n) is 5.76. The molecule has 12 heavy (non-hydrogen) atoms. The minimum absolute atomic E-state index is 0.0759. The minimum atomic E-state index is -0.0759. The average molecular weight is 165 g/mol. The smallest absolute Gasteiger partial charge is 0.291 e. The highest BCUT2D eigenvalue weighted by atomic mass is 16.5. The summed E-state index contributed by atoms with van der Waals surface area (Å²) in [6.07, 6.45) is 1.90. The van der Waals surface area contributed by atoms with Crippen LogP contribution in [0.5, 0.6) is 0 Å². The topological polar surface area (TPSA) is 97.6 Å². The molecule has 2 rings (SSSR count). The molecule has 0 aliphatic carbocycles. The number of hydrogen-bond acceptors (Lipinski definition) is 6. The van der Waals surface area contributed by atoms with Crippen LogP contribution >= 0.6 is 0 Å². The standard InChI is InChI=1S/C5H3N5O2/c11-2-4-7-5(9-12-4)3-1-6-10-8-3/h1-2H,(H,6,8,10). The monoisotopic (exact) mass is 165 g/mol. The molecule has 0 saturated carbocycles. The number of carbonyl (C=O) groups excluding carboxylic acids is 1. The molecule has 0 aromatic carbocycles. The molecule has 0 unspecified atom stereocenters. The summed E-state index contributed by atoms with van der Waals surface area (Å²) in [6, 6.07) is 0. The van der Waals surface area contributed by atoms with Crippen molar-refractivity contribution < 1.29 is 9.32 Å². The van der Waals surface area contributed by atoms with Gasteiger partial charge in [-0.25, -0.2) is 0 Å². The molecule has 2 heterocycles. The molecular formula is C5H3N5O2. The number of hydrogen-bond donors (Lipinski definition) is 1. The lowest BCUT2D eigenvalue weighted by atomic mass is 10.5. The van der Waals surface area contributed by atoms with Gasteiger partial charge in [-0.2, -0.15) is 20.4 Å². The van der Waals surface area contributed by atoms with E-state index in [4.69, 9.17) is 0 Å². The summed E-state index contributed by atoms with van der Waals surface area (Å²) in [4.78, 5) is 13.9. The fourth-order valence-corrected chi connectivity index (χ4v) is 0.696. The Balaban J connectivity index is 2.41. The molecule has 0 radical (unpaired) electrons. The van der Waals surface area contributed by atoms with Crippen molar-refractivity contribution in [1.29, 1.82) is 0 Å². The van der Waals surface area contributed by atoms with Crippen molar-refractivity contribution in [2.45, 2.75) is 0 Å². The second kappa shape index (κ2) is 2.53. The molecule has 0 atom stereocenters. The van der Waals surface area contributed by atoms with Crippen LogP contribution < -0.4 is 0 Å². The lowest BCUT2D eigenvalue weighted by Gasteiger charge is -1.77. The van der Waals surface area contributed by atoms with E-state index in [1.54, 1.807) is 0 Å². The Kier molecular flexibility index (Phi) is 1.40. The Morgan fingerprint density at radius 2 is 2.50 bits per heavy atom. The zero-order valence-corrected chi connectivity index (χ0v) is 5.76. The predicted octanol–water partition coefficient (Wildman–Crippen LogP) is -0.333. The van der Waals surface area contributed by atoms with E-state index in [-0.39, 0.29) is 11.7 Å². The van der Waals surface area contributed by atoms with Crippen molar-refractivity contribution in [2.24, 2.45) is 0 Å². The van der Waals surface area contributed by atoms with E-state index in [1.807, 2.05) is 0 Å². The largest absolute Gasteiger partial charge is 0.331 e. The first-order valence-corrected chi connectivity index (χ1v) is 3.05. The van der Waals surface area contributed by atoms with Crippen molar-refractivity contribution in [2.75, 3.05) is 0 Å². The molecule has 0 aliphatic heterocycles. The number of carbonyl (C=O) groups is 1. The number of H-pyrrole nitrogens is 1. The van der Waals surface area contributed by atoms with E-state index in [1.165, 1.54) is 6.20 Å². The van der Waals surface area contributed by atoms with Crippen LogP contribution in [0.1, 0.15) is 10.7 Å². The Bertz CT molecular complexity index is 378. The van der Waals surface area contributed by atoms with Crippen LogP contribution in [0, 0.1) is 0 Å². The first-order valence-electron chi connectivity index (χ1n) is 3.05. The molecule has 0 aliphatic rings. The van der Waals surface area contributed by atoms with E-state index >= 15 is 0 Å². The third-order valence-electron chi connectivity index (χ3n) is 1.19. The number of nitrogens with one attached hydrogen (secondary N) is 1. The summed E-state index contributed by atoms with van der Waals surface area (Å²) in [5.41, 5.74) is 0.437. The van der Waals surface area contributed by atoms with Gasteiger partial charge < -0.3 is 4.52 Å². The molecular weight excluding hydrogens is 162 g/mol. The zero-order chi connectivity index (χ0) is 8.39. The summed E-state index contributed by atoms with van der Waals surface area (Å²) in [7, 11) is 0. The number of rotatable bonds is 2. The summed E-state index contributed by atoms with van der Waals surface area (Å²) in [5, 5.41) is 13.1. The van der Waals surface area contributed by atoms with Crippen molar-refractivity contribution >= 4 is 6.29 Å². The first kappa shape index (κ1) is 6.65. The van der Waals surface area contributed by atoms with Gasteiger partial charge in [-0.05, 0) is 0 Å². The van der Waals surface area contributed by atoms with Crippen LogP contribution in [-0.2, 0) is 0 Å². The molecule has 0 bridgehead atoms. The second-order valence-electron chi connectivity index (χ2n) is 1.93. The summed E-state index contributed by atoms with van der Waals surface area (Å²) < 4.78 is 4.53. The normalized spacial score (nSPS) is 10.0. The Morgan fingerprint density at radius 1 is 1.58 bits per heavy atom. The maximum Gasteiger partial charge on any atom is 0.291 e. The lowest BCUT2D eigenvalue weighted by molar-refractivity contribution is 0.108. The van der Waals surface area contributed by atoms with Gasteiger partial charge in [-0.1, -0.05) is 5.16 Å². The molecule has 0 spiro atoms. The highest BCUT2D eigenvalue weighted by Gasteiger charge is 2.08. The number of aldehydes is 1. The van der Waals surface area contributed by atoms with E-state index in [0.29, 0.717) is 12.0 Å². The molecule has 60 valence electrons. The molecule has 0 saturated heterocycles. The maximum atomic E-state index is 10.1. The molecule has 1 N–H and O–H groups in total. The second-order valence-corrected chi connectivity index (χ2v) is 1.93. The molecule has 2 aromatic heterocycles. The predicted molar refractivity (Wildman–Crippen MR) is 35.1 cm³/mol. The van der Waals surface area contributed by atoms with Gasteiger partial charge in [0, 0.05) is 0 Å². The summed E-state index contributed by atoms with van der Waals surface area (Å²) in [6.45, 7) is 0. The lowest BCUT2D eigenvalue weighted by Crippen LogP contribution is -1.81. The average Bonchev–Trinajstić information content (AvgIpc) is 2.75. The van der Waals surface area contributed by atoms with Crippen LogP contribution in [0.15, 0.2) is 10.7 Å². The van der Waals surface area contributed by atoms with Gasteiger partial charge in [0.15, 0.2) is 5.69 Å². The maximum absolute atomic E-state index is 10.1. The van der Waals surface area contributed by atoms with Gasteiger partial charge in [-0.15, -0.1) is 0 Å². The van der Waals surface area contributed by atoms with Crippen molar-refractivity contribution in [3.63, 3.8) is 0 Å². The third kappa shape index (κ3) is 0.965. The summed E-state index contributed by atoms with van der Waals surface area (Å²) in [5.74, 6) is 0.166. The fourth-order valence-electron chi connectivity index (χ4n) is 0.696. The van der Waals surface area contributed by atoms with Crippen molar-refractivity contribution in [1.82, 2.24) is 25.6 Å². The molecule has 2 aromatic rings. The molecule has 0 fully saturated rings. The SMILES string of the molecule is O=Cc1nc(-c2cn[nH]n2)no1. The highest BCUT2D eigenvalue weighted by Crippen LogP contribution is 2.08. The van der Waals surface area contributed by atoms with E-state index in [9.17, 15) is 4.79 Å². The van der Waals surface area contributed by atoms with Crippen molar-refractivity contribution in [3.05, 3.63) is 12.1 Å². The first-order chi connectivity index (χ1) is 5.90. The van der Waals surface area contributed by atoms with Crippen LogP contribution in [0.25, 0.3) is 11.5 Å². The number of nitrogens with zero attached hydrogens (tertiary/aromatic N) is 4. The van der Waals surface area contributed by atoms with Crippen LogP contribution in [-0.4, -0.2) is 31.8 Å². The van der Waals surface area contributed by atoms with Gasteiger partial charge in [0.2, 0.25) is 12.1 Å². The van der Waals surface area contributed by atoms with Gasteiger partial charge >= 0.3 is 0 Å². The van der Waals surface area contributed by atoms with Crippen LogP contribution in [0.4, 0.5) is 0 Å². The summed E-state index contributed by atoms with van der Waals surface area (Å²) >= 11 is 0.